The SMILES string of the molecule is [2H]c1c([2H])c([2H])c(-c2ccc3c4ccccc4n(-c4cccc(N5B(c6ccccc6)c6ccccc6-c6ccccc65)c4)c3c2)c([2H])c1[2H]. The third-order valence-corrected chi connectivity index (χ3v) is 8.91. The summed E-state index contributed by atoms with van der Waals surface area (Å²) in [5.74, 6) is 0. The van der Waals surface area contributed by atoms with Gasteiger partial charge in [0.15, 0.2) is 0 Å². The van der Waals surface area contributed by atoms with Crippen LogP contribution in [0.4, 0.5) is 11.4 Å². The first-order valence-corrected chi connectivity index (χ1v) is 15.2. The highest BCUT2D eigenvalue weighted by molar-refractivity contribution is 6.90. The van der Waals surface area contributed by atoms with Crippen molar-refractivity contribution < 1.29 is 6.85 Å². The van der Waals surface area contributed by atoms with E-state index in [4.69, 9.17) is 6.85 Å². The maximum atomic E-state index is 8.66. The van der Waals surface area contributed by atoms with Crippen LogP contribution in [-0.4, -0.2) is 11.4 Å². The smallest absolute Gasteiger partial charge is 0.328 e. The van der Waals surface area contributed by atoms with Gasteiger partial charge in [-0.1, -0.05) is 145 Å². The summed E-state index contributed by atoms with van der Waals surface area (Å²) in [5.41, 5.74) is 10.6. The fourth-order valence-corrected chi connectivity index (χ4v) is 7.00. The van der Waals surface area contributed by atoms with Crippen molar-refractivity contribution in [3.8, 4) is 27.9 Å². The first kappa shape index (κ1) is 21.0. The summed E-state index contributed by atoms with van der Waals surface area (Å²) in [5, 5.41) is 2.08. The molecule has 210 valence electrons. The summed E-state index contributed by atoms with van der Waals surface area (Å²) in [7, 11) is 0. The zero-order valence-corrected chi connectivity index (χ0v) is 24.3. The number of fused-ring (bicyclic) bond motifs is 6. The van der Waals surface area contributed by atoms with Crippen LogP contribution in [0.1, 0.15) is 6.85 Å². The van der Waals surface area contributed by atoms with Gasteiger partial charge in [-0.05, 0) is 58.6 Å². The first-order chi connectivity index (χ1) is 24.4. The Hall–Kier alpha value is -5.80. The molecular formula is C42H29BN2. The fraction of sp³-hybridized carbons (Fsp3) is 0. The van der Waals surface area contributed by atoms with E-state index in [0.717, 1.165) is 38.9 Å². The minimum Gasteiger partial charge on any atom is -0.376 e. The molecule has 7 aromatic carbocycles. The maximum absolute atomic E-state index is 8.66. The van der Waals surface area contributed by atoms with Gasteiger partial charge in [0.2, 0.25) is 0 Å². The highest BCUT2D eigenvalue weighted by Gasteiger charge is 2.36. The fourth-order valence-electron chi connectivity index (χ4n) is 7.00. The molecule has 0 saturated carbocycles. The number of para-hydroxylation sites is 2. The molecule has 9 rings (SSSR count). The zero-order chi connectivity index (χ0) is 34.1. The van der Waals surface area contributed by atoms with Gasteiger partial charge in [-0.25, -0.2) is 0 Å². The number of benzene rings is 7. The molecule has 0 fully saturated rings. The van der Waals surface area contributed by atoms with Crippen molar-refractivity contribution >= 4 is 51.0 Å². The molecule has 0 bridgehead atoms. The maximum Gasteiger partial charge on any atom is 0.328 e. The van der Waals surface area contributed by atoms with Gasteiger partial charge >= 0.3 is 6.85 Å². The quantitative estimate of drug-likeness (QED) is 0.189. The molecule has 0 spiro atoms. The minimum atomic E-state index is -0.397. The Kier molecular flexibility index (Phi) is 4.87. The van der Waals surface area contributed by atoms with E-state index in [9.17, 15) is 0 Å². The Bertz CT molecular complexity index is 2610. The van der Waals surface area contributed by atoms with Crippen molar-refractivity contribution in [1.82, 2.24) is 4.57 Å². The Labute approximate surface area is 270 Å². The Morgan fingerprint density at radius 2 is 1.20 bits per heavy atom. The van der Waals surface area contributed by atoms with E-state index >= 15 is 0 Å². The Balaban J connectivity index is 1.29. The van der Waals surface area contributed by atoms with Crippen LogP contribution in [-0.2, 0) is 0 Å². The van der Waals surface area contributed by atoms with E-state index in [1.807, 2.05) is 30.3 Å². The van der Waals surface area contributed by atoms with Crippen LogP contribution in [0.2, 0.25) is 0 Å². The van der Waals surface area contributed by atoms with E-state index in [1.54, 1.807) is 0 Å². The van der Waals surface area contributed by atoms with Crippen molar-refractivity contribution in [3.63, 3.8) is 0 Å². The molecule has 0 N–H and O–H groups in total. The van der Waals surface area contributed by atoms with Crippen LogP contribution in [0.5, 0.6) is 0 Å². The molecule has 0 amide bonds. The van der Waals surface area contributed by atoms with Gasteiger partial charge < -0.3 is 9.38 Å². The topological polar surface area (TPSA) is 8.17 Å². The standard InChI is InChI=1S/C42H29BN2/c1-3-14-30(15-4-1)31-26-27-38-37-22-8-11-24-40(37)44(42(38)28-31)33-18-13-19-34(29-33)45-41-25-12-9-21-36(41)35-20-7-10-23-39(35)43(45)32-16-5-2-6-17-32/h1-29H/i1D,3D,4D,14D,15D. The van der Waals surface area contributed by atoms with Crippen LogP contribution in [0.3, 0.4) is 0 Å². The number of rotatable bonds is 4. The summed E-state index contributed by atoms with van der Waals surface area (Å²) in [6.07, 6.45) is 0. The molecule has 1 aromatic heterocycles. The largest absolute Gasteiger partial charge is 0.376 e. The molecule has 3 heteroatoms. The number of aromatic nitrogens is 1. The second kappa shape index (κ2) is 10.4. The molecule has 0 aliphatic carbocycles. The molecule has 0 saturated heterocycles. The lowest BCUT2D eigenvalue weighted by Gasteiger charge is -2.39. The third-order valence-electron chi connectivity index (χ3n) is 8.91. The van der Waals surface area contributed by atoms with Gasteiger partial charge in [0.05, 0.1) is 17.9 Å². The van der Waals surface area contributed by atoms with Gasteiger partial charge in [-0.2, -0.15) is 0 Å². The van der Waals surface area contributed by atoms with Crippen LogP contribution >= 0.6 is 0 Å². The predicted octanol–water partition coefficient (Wildman–Crippen LogP) is 9.38. The number of hydrogen-bond acceptors (Lipinski definition) is 1. The molecular weight excluding hydrogens is 543 g/mol. The summed E-state index contributed by atoms with van der Waals surface area (Å²) >= 11 is 0. The lowest BCUT2D eigenvalue weighted by atomic mass is 9.46. The van der Waals surface area contributed by atoms with E-state index in [0.29, 0.717) is 5.56 Å². The van der Waals surface area contributed by atoms with Crippen molar-refractivity contribution in [2.24, 2.45) is 0 Å². The van der Waals surface area contributed by atoms with Crippen molar-refractivity contribution in [3.05, 3.63) is 176 Å². The van der Waals surface area contributed by atoms with Crippen LogP contribution in [0, 0.1) is 0 Å². The summed E-state index contributed by atoms with van der Waals surface area (Å²) in [4.78, 5) is 2.43. The van der Waals surface area contributed by atoms with Gasteiger partial charge in [-0.3, -0.25) is 0 Å². The van der Waals surface area contributed by atoms with Crippen molar-refractivity contribution in [2.75, 3.05) is 4.81 Å². The Morgan fingerprint density at radius 3 is 2.09 bits per heavy atom. The molecule has 0 atom stereocenters. The highest BCUT2D eigenvalue weighted by atomic mass is 15.1. The van der Waals surface area contributed by atoms with E-state index in [2.05, 4.69) is 125 Å². The summed E-state index contributed by atoms with van der Waals surface area (Å²) in [6, 6.07) is 49.0. The third kappa shape index (κ3) is 4.12. The van der Waals surface area contributed by atoms with Gasteiger partial charge in [-0.15, -0.1) is 0 Å². The van der Waals surface area contributed by atoms with Crippen LogP contribution in [0.25, 0.3) is 49.7 Å². The molecule has 8 aromatic rings. The average molecular weight is 578 g/mol. The zero-order valence-electron chi connectivity index (χ0n) is 29.3. The van der Waals surface area contributed by atoms with Crippen molar-refractivity contribution in [2.45, 2.75) is 0 Å². The molecule has 1 aliphatic heterocycles. The highest BCUT2D eigenvalue weighted by Crippen LogP contribution is 2.41. The van der Waals surface area contributed by atoms with Crippen LogP contribution < -0.4 is 15.7 Å². The van der Waals surface area contributed by atoms with Gasteiger partial charge in [0.1, 0.15) is 0 Å². The van der Waals surface area contributed by atoms with Crippen LogP contribution in [0.15, 0.2) is 176 Å². The number of hydrogen-bond donors (Lipinski definition) is 0. The lowest BCUT2D eigenvalue weighted by molar-refractivity contribution is 1.18. The van der Waals surface area contributed by atoms with Crippen molar-refractivity contribution in [1.29, 1.82) is 0 Å². The van der Waals surface area contributed by atoms with Gasteiger partial charge in [0, 0.05) is 33.4 Å². The first-order valence-electron chi connectivity index (χ1n) is 17.7. The van der Waals surface area contributed by atoms with E-state index in [1.165, 1.54) is 22.1 Å². The summed E-state index contributed by atoms with van der Waals surface area (Å²) < 4.78 is 44.2. The monoisotopic (exact) mass is 577 g/mol. The molecule has 0 unspecified atom stereocenters. The van der Waals surface area contributed by atoms with Gasteiger partial charge in [0.25, 0.3) is 0 Å². The second-order valence-corrected chi connectivity index (χ2v) is 11.4. The number of anilines is 2. The van der Waals surface area contributed by atoms with E-state index < -0.39 is 6.04 Å². The summed E-state index contributed by atoms with van der Waals surface area (Å²) in [6.45, 7) is -0.0635. The average Bonchev–Trinajstić information content (AvgIpc) is 3.50. The lowest BCUT2D eigenvalue weighted by Crippen LogP contribution is -2.57. The molecule has 45 heavy (non-hydrogen) atoms. The molecule has 2 nitrogen and oxygen atoms in total. The molecule has 0 radical (unpaired) electrons. The minimum absolute atomic E-state index is 0.0635. The molecule has 1 aliphatic rings. The molecule has 2 heterocycles. The van der Waals surface area contributed by atoms with E-state index in [-0.39, 0.29) is 36.6 Å². The normalized spacial score (nSPS) is 13.9. The number of nitrogens with zero attached hydrogens (tertiary/aromatic N) is 2. The predicted molar refractivity (Wildman–Crippen MR) is 192 cm³/mol. The second-order valence-electron chi connectivity index (χ2n) is 11.4. The Morgan fingerprint density at radius 1 is 0.489 bits per heavy atom.